The van der Waals surface area contributed by atoms with Crippen molar-refractivity contribution in [3.05, 3.63) is 29.8 Å². The first-order valence-electron chi connectivity index (χ1n) is 4.94. The standard InChI is InChI=1S/C11H16N2O2/c1-2-3-9-4-6-10(7-5-9)15-8-11(12)13-14/h4-7,14H,2-3,8H2,1H3,(H2,12,13). The molecule has 0 aliphatic heterocycles. The van der Waals surface area contributed by atoms with Gasteiger partial charge in [-0.1, -0.05) is 30.6 Å². The Kier molecular flexibility index (Phi) is 4.47. The summed E-state index contributed by atoms with van der Waals surface area (Å²) in [4.78, 5) is 0. The predicted molar refractivity (Wildman–Crippen MR) is 59.3 cm³/mol. The third-order valence-electron chi connectivity index (χ3n) is 1.98. The van der Waals surface area contributed by atoms with Crippen LogP contribution in [-0.2, 0) is 6.42 Å². The fourth-order valence-corrected chi connectivity index (χ4v) is 1.23. The van der Waals surface area contributed by atoms with Gasteiger partial charge in [0.05, 0.1) is 0 Å². The van der Waals surface area contributed by atoms with Crippen LogP contribution in [0.1, 0.15) is 18.9 Å². The lowest BCUT2D eigenvalue weighted by molar-refractivity contribution is 0.306. The van der Waals surface area contributed by atoms with Crippen LogP contribution in [0.25, 0.3) is 0 Å². The molecule has 0 radical (unpaired) electrons. The molecule has 0 fully saturated rings. The largest absolute Gasteiger partial charge is 0.486 e. The van der Waals surface area contributed by atoms with Crippen LogP contribution in [0.2, 0.25) is 0 Å². The topological polar surface area (TPSA) is 67.8 Å². The van der Waals surface area contributed by atoms with Gasteiger partial charge in [0.2, 0.25) is 0 Å². The van der Waals surface area contributed by atoms with Gasteiger partial charge in [-0.2, -0.15) is 0 Å². The van der Waals surface area contributed by atoms with Crippen molar-refractivity contribution in [3.63, 3.8) is 0 Å². The fourth-order valence-electron chi connectivity index (χ4n) is 1.23. The van der Waals surface area contributed by atoms with Crippen molar-refractivity contribution in [2.75, 3.05) is 6.61 Å². The van der Waals surface area contributed by atoms with Crippen LogP contribution in [0, 0.1) is 0 Å². The SMILES string of the molecule is CCCc1ccc(OCC(N)=NO)cc1. The summed E-state index contributed by atoms with van der Waals surface area (Å²) in [5, 5.41) is 11.1. The maximum absolute atomic E-state index is 8.31. The monoisotopic (exact) mass is 208 g/mol. The highest BCUT2D eigenvalue weighted by atomic mass is 16.5. The summed E-state index contributed by atoms with van der Waals surface area (Å²) in [5.74, 6) is 0.786. The van der Waals surface area contributed by atoms with Gasteiger partial charge in [-0.15, -0.1) is 0 Å². The van der Waals surface area contributed by atoms with Crippen molar-refractivity contribution in [1.29, 1.82) is 0 Å². The highest BCUT2D eigenvalue weighted by Crippen LogP contribution is 2.13. The van der Waals surface area contributed by atoms with Gasteiger partial charge < -0.3 is 15.7 Å². The second kappa shape index (κ2) is 5.90. The van der Waals surface area contributed by atoms with Crippen LogP contribution in [0.3, 0.4) is 0 Å². The van der Waals surface area contributed by atoms with Crippen molar-refractivity contribution >= 4 is 5.84 Å². The number of oxime groups is 1. The zero-order valence-corrected chi connectivity index (χ0v) is 8.81. The molecule has 15 heavy (non-hydrogen) atoms. The quantitative estimate of drug-likeness (QED) is 0.335. The molecule has 0 aliphatic carbocycles. The lowest BCUT2D eigenvalue weighted by Crippen LogP contribution is -2.20. The Balaban J connectivity index is 2.49. The van der Waals surface area contributed by atoms with E-state index in [0.29, 0.717) is 0 Å². The fraction of sp³-hybridized carbons (Fsp3) is 0.364. The number of hydrogen-bond donors (Lipinski definition) is 2. The molecule has 0 heterocycles. The summed E-state index contributed by atoms with van der Waals surface area (Å²) in [6.07, 6.45) is 2.20. The molecule has 0 spiro atoms. The zero-order valence-electron chi connectivity index (χ0n) is 8.81. The molecule has 0 bridgehead atoms. The van der Waals surface area contributed by atoms with E-state index < -0.39 is 0 Å². The number of nitrogens with two attached hydrogens (primary N) is 1. The van der Waals surface area contributed by atoms with E-state index in [1.165, 1.54) is 5.56 Å². The van der Waals surface area contributed by atoms with Gasteiger partial charge in [0, 0.05) is 0 Å². The van der Waals surface area contributed by atoms with E-state index in [1.807, 2.05) is 24.3 Å². The number of hydrogen-bond acceptors (Lipinski definition) is 3. The van der Waals surface area contributed by atoms with Crippen LogP contribution < -0.4 is 10.5 Å². The van der Waals surface area contributed by atoms with Crippen LogP contribution in [-0.4, -0.2) is 17.6 Å². The first-order chi connectivity index (χ1) is 7.26. The maximum atomic E-state index is 8.31. The molecule has 0 unspecified atom stereocenters. The average molecular weight is 208 g/mol. The van der Waals surface area contributed by atoms with E-state index in [2.05, 4.69) is 12.1 Å². The van der Waals surface area contributed by atoms with Crippen LogP contribution in [0.4, 0.5) is 0 Å². The van der Waals surface area contributed by atoms with E-state index in [9.17, 15) is 0 Å². The Bertz CT molecular complexity index is 320. The summed E-state index contributed by atoms with van der Waals surface area (Å²) in [7, 11) is 0. The van der Waals surface area contributed by atoms with Gasteiger partial charge in [0.15, 0.2) is 5.84 Å². The highest BCUT2D eigenvalue weighted by Gasteiger charge is 1.97. The molecule has 0 amide bonds. The molecule has 0 atom stereocenters. The van der Waals surface area contributed by atoms with Gasteiger partial charge in [-0.05, 0) is 24.1 Å². The van der Waals surface area contributed by atoms with E-state index in [4.69, 9.17) is 15.7 Å². The number of nitrogens with zero attached hydrogens (tertiary/aromatic N) is 1. The second-order valence-corrected chi connectivity index (χ2v) is 3.27. The summed E-state index contributed by atoms with van der Waals surface area (Å²) in [6, 6.07) is 7.81. The number of ether oxygens (including phenoxy) is 1. The molecule has 0 saturated carbocycles. The van der Waals surface area contributed by atoms with Crippen molar-refractivity contribution in [3.8, 4) is 5.75 Å². The summed E-state index contributed by atoms with van der Waals surface area (Å²) in [6.45, 7) is 2.24. The Morgan fingerprint density at radius 2 is 2.07 bits per heavy atom. The van der Waals surface area contributed by atoms with Crippen LogP contribution in [0.15, 0.2) is 29.4 Å². The van der Waals surface area contributed by atoms with Crippen molar-refractivity contribution in [2.45, 2.75) is 19.8 Å². The van der Waals surface area contributed by atoms with Gasteiger partial charge in [0.25, 0.3) is 0 Å². The molecular weight excluding hydrogens is 192 g/mol. The average Bonchev–Trinajstić information content (AvgIpc) is 2.28. The molecule has 0 aliphatic rings. The number of amidine groups is 1. The maximum Gasteiger partial charge on any atom is 0.177 e. The van der Waals surface area contributed by atoms with Crippen molar-refractivity contribution < 1.29 is 9.94 Å². The third-order valence-corrected chi connectivity index (χ3v) is 1.98. The molecule has 1 aromatic carbocycles. The molecule has 4 heteroatoms. The van der Waals surface area contributed by atoms with E-state index in [1.54, 1.807) is 0 Å². The van der Waals surface area contributed by atoms with Crippen molar-refractivity contribution in [1.82, 2.24) is 0 Å². The van der Waals surface area contributed by atoms with Gasteiger partial charge in [0.1, 0.15) is 12.4 Å². The van der Waals surface area contributed by atoms with E-state index in [-0.39, 0.29) is 12.4 Å². The highest BCUT2D eigenvalue weighted by molar-refractivity contribution is 5.81. The molecule has 3 N–H and O–H groups in total. The summed E-state index contributed by atoms with van der Waals surface area (Å²) < 4.78 is 5.28. The Morgan fingerprint density at radius 1 is 1.40 bits per heavy atom. The normalized spacial score (nSPS) is 11.4. The molecule has 1 aromatic rings. The first kappa shape index (κ1) is 11.4. The predicted octanol–water partition coefficient (Wildman–Crippen LogP) is 1.76. The molecule has 0 aromatic heterocycles. The minimum Gasteiger partial charge on any atom is -0.486 e. The lowest BCUT2D eigenvalue weighted by atomic mass is 10.1. The Labute approximate surface area is 89.4 Å². The zero-order chi connectivity index (χ0) is 11.1. The second-order valence-electron chi connectivity index (χ2n) is 3.27. The third kappa shape index (κ3) is 3.89. The minimum atomic E-state index is 0.0626. The summed E-state index contributed by atoms with van der Waals surface area (Å²) >= 11 is 0. The number of aryl methyl sites for hydroxylation is 1. The van der Waals surface area contributed by atoms with Crippen LogP contribution in [0.5, 0.6) is 5.75 Å². The smallest absolute Gasteiger partial charge is 0.177 e. The summed E-state index contributed by atoms with van der Waals surface area (Å²) in [5.41, 5.74) is 6.56. The van der Waals surface area contributed by atoms with E-state index in [0.717, 1.165) is 18.6 Å². The van der Waals surface area contributed by atoms with E-state index >= 15 is 0 Å². The Hall–Kier alpha value is -1.71. The lowest BCUT2D eigenvalue weighted by Gasteiger charge is -2.05. The van der Waals surface area contributed by atoms with Gasteiger partial charge in [-0.3, -0.25) is 0 Å². The van der Waals surface area contributed by atoms with Gasteiger partial charge in [-0.25, -0.2) is 0 Å². The molecular formula is C11H16N2O2. The molecule has 4 nitrogen and oxygen atoms in total. The number of rotatable bonds is 5. The van der Waals surface area contributed by atoms with Crippen molar-refractivity contribution in [2.24, 2.45) is 10.9 Å². The first-order valence-corrected chi connectivity index (χ1v) is 4.94. The molecule has 82 valence electrons. The van der Waals surface area contributed by atoms with Crippen LogP contribution >= 0.6 is 0 Å². The molecule has 0 saturated heterocycles. The minimum absolute atomic E-state index is 0.0626. The number of benzene rings is 1. The van der Waals surface area contributed by atoms with Gasteiger partial charge >= 0.3 is 0 Å². The molecule has 1 rings (SSSR count). The Morgan fingerprint density at radius 3 is 2.60 bits per heavy atom.